The molecule has 0 bridgehead atoms. The van der Waals surface area contributed by atoms with Crippen LogP contribution in [-0.4, -0.2) is 15.2 Å². The van der Waals surface area contributed by atoms with Gasteiger partial charge in [-0.2, -0.15) is 5.10 Å². The van der Waals surface area contributed by atoms with Gasteiger partial charge >= 0.3 is 0 Å². The number of aromatic amines is 1. The van der Waals surface area contributed by atoms with Crippen molar-refractivity contribution in [2.75, 3.05) is 0 Å². The second-order valence-corrected chi connectivity index (χ2v) is 3.63. The molecule has 4 nitrogen and oxygen atoms in total. The van der Waals surface area contributed by atoms with Crippen molar-refractivity contribution in [2.24, 2.45) is 5.73 Å². The van der Waals surface area contributed by atoms with Gasteiger partial charge in [0.2, 0.25) is 0 Å². The first-order valence-electron chi connectivity index (χ1n) is 4.80. The molecule has 0 aliphatic heterocycles. The highest BCUT2D eigenvalue weighted by molar-refractivity contribution is 5.02. The lowest BCUT2D eigenvalue weighted by Gasteiger charge is -2.17. The topological polar surface area (TPSA) is 67.6 Å². The van der Waals surface area contributed by atoms with E-state index in [-0.39, 0.29) is 0 Å². The van der Waals surface area contributed by atoms with Crippen LogP contribution in [-0.2, 0) is 12.0 Å². The van der Waals surface area contributed by atoms with Crippen LogP contribution in [0.1, 0.15) is 45.3 Å². The molecule has 0 radical (unpaired) electrons. The average molecular weight is 182 g/mol. The van der Waals surface area contributed by atoms with E-state index in [4.69, 9.17) is 5.73 Å². The number of rotatable bonds is 4. The molecular weight excluding hydrogens is 164 g/mol. The van der Waals surface area contributed by atoms with Crippen LogP contribution in [0.5, 0.6) is 0 Å². The number of nitrogens with one attached hydrogen (secondary N) is 1. The van der Waals surface area contributed by atoms with Crippen LogP contribution >= 0.6 is 0 Å². The molecule has 0 fully saturated rings. The monoisotopic (exact) mass is 182 g/mol. The molecule has 1 aromatic rings. The summed E-state index contributed by atoms with van der Waals surface area (Å²) in [7, 11) is 0. The molecule has 4 heteroatoms. The Morgan fingerprint density at radius 3 is 2.69 bits per heavy atom. The predicted molar refractivity (Wildman–Crippen MR) is 52.2 cm³/mol. The maximum atomic E-state index is 6.00. The van der Waals surface area contributed by atoms with Crippen molar-refractivity contribution in [2.45, 2.75) is 45.6 Å². The highest BCUT2D eigenvalue weighted by Crippen LogP contribution is 2.16. The SMILES string of the molecule is CCCc1nc(C(C)(N)CC)n[nH]1. The Morgan fingerprint density at radius 1 is 1.46 bits per heavy atom. The van der Waals surface area contributed by atoms with Crippen molar-refractivity contribution in [3.63, 3.8) is 0 Å². The lowest BCUT2D eigenvalue weighted by Crippen LogP contribution is -2.33. The molecule has 0 saturated heterocycles. The fourth-order valence-corrected chi connectivity index (χ4v) is 1.06. The highest BCUT2D eigenvalue weighted by atomic mass is 15.2. The molecule has 0 spiro atoms. The second-order valence-electron chi connectivity index (χ2n) is 3.63. The molecule has 1 heterocycles. The predicted octanol–water partition coefficient (Wildman–Crippen LogP) is 1.34. The van der Waals surface area contributed by atoms with E-state index >= 15 is 0 Å². The molecule has 0 amide bonds. The number of nitrogens with two attached hydrogens (primary N) is 1. The Morgan fingerprint density at radius 2 is 2.15 bits per heavy atom. The number of hydrogen-bond donors (Lipinski definition) is 2. The summed E-state index contributed by atoms with van der Waals surface area (Å²) < 4.78 is 0. The second kappa shape index (κ2) is 3.87. The van der Waals surface area contributed by atoms with Crippen LogP contribution in [0.3, 0.4) is 0 Å². The van der Waals surface area contributed by atoms with Gasteiger partial charge in [-0.1, -0.05) is 13.8 Å². The van der Waals surface area contributed by atoms with E-state index in [1.165, 1.54) is 0 Å². The molecule has 13 heavy (non-hydrogen) atoms. The van der Waals surface area contributed by atoms with E-state index in [1.54, 1.807) is 0 Å². The zero-order valence-corrected chi connectivity index (χ0v) is 8.59. The highest BCUT2D eigenvalue weighted by Gasteiger charge is 2.23. The van der Waals surface area contributed by atoms with E-state index < -0.39 is 5.54 Å². The van der Waals surface area contributed by atoms with Crippen LogP contribution in [0.15, 0.2) is 0 Å². The summed E-state index contributed by atoms with van der Waals surface area (Å²) >= 11 is 0. The standard InChI is InChI=1S/C9H18N4/c1-4-6-7-11-8(13-12-7)9(3,10)5-2/h4-6,10H2,1-3H3,(H,11,12,13). The van der Waals surface area contributed by atoms with E-state index in [9.17, 15) is 0 Å². The van der Waals surface area contributed by atoms with Crippen molar-refractivity contribution in [1.82, 2.24) is 15.2 Å². The average Bonchev–Trinajstić information content (AvgIpc) is 2.54. The Hall–Kier alpha value is -0.900. The molecular formula is C9H18N4. The lowest BCUT2D eigenvalue weighted by atomic mass is 10.0. The van der Waals surface area contributed by atoms with Gasteiger partial charge in [-0.05, 0) is 19.8 Å². The number of aromatic nitrogens is 3. The number of hydrogen-bond acceptors (Lipinski definition) is 3. The van der Waals surface area contributed by atoms with E-state index in [1.807, 2.05) is 13.8 Å². The van der Waals surface area contributed by atoms with Gasteiger partial charge in [-0.25, -0.2) is 4.98 Å². The van der Waals surface area contributed by atoms with Crippen molar-refractivity contribution in [3.05, 3.63) is 11.6 Å². The molecule has 0 aliphatic carbocycles. The molecule has 1 rings (SSSR count). The zero-order valence-electron chi connectivity index (χ0n) is 8.59. The quantitative estimate of drug-likeness (QED) is 0.738. The summed E-state index contributed by atoms with van der Waals surface area (Å²) in [4.78, 5) is 4.35. The third kappa shape index (κ3) is 2.28. The van der Waals surface area contributed by atoms with Gasteiger partial charge in [-0.15, -0.1) is 0 Å². The first-order valence-corrected chi connectivity index (χ1v) is 4.80. The summed E-state index contributed by atoms with van der Waals surface area (Å²) in [5, 5.41) is 7.02. The van der Waals surface area contributed by atoms with Crippen molar-refractivity contribution >= 4 is 0 Å². The van der Waals surface area contributed by atoms with Crippen LogP contribution in [0, 0.1) is 0 Å². The molecule has 1 atom stereocenters. The van der Waals surface area contributed by atoms with E-state index in [0.717, 1.165) is 30.9 Å². The lowest BCUT2D eigenvalue weighted by molar-refractivity contribution is 0.447. The third-order valence-corrected chi connectivity index (χ3v) is 2.26. The minimum atomic E-state index is -0.400. The fourth-order valence-electron chi connectivity index (χ4n) is 1.06. The summed E-state index contributed by atoms with van der Waals surface area (Å²) in [6.45, 7) is 6.10. The van der Waals surface area contributed by atoms with Crippen molar-refractivity contribution in [3.8, 4) is 0 Å². The molecule has 1 aromatic heterocycles. The summed E-state index contributed by atoms with van der Waals surface area (Å²) in [6, 6.07) is 0. The van der Waals surface area contributed by atoms with E-state index in [0.29, 0.717) is 0 Å². The Labute approximate surface area is 78.9 Å². The minimum Gasteiger partial charge on any atom is -0.319 e. The number of H-pyrrole nitrogens is 1. The van der Waals surface area contributed by atoms with Crippen LogP contribution in [0.4, 0.5) is 0 Å². The number of nitrogens with zero attached hydrogens (tertiary/aromatic N) is 2. The van der Waals surface area contributed by atoms with Crippen LogP contribution in [0.2, 0.25) is 0 Å². The Kier molecular flexibility index (Phi) is 3.03. The molecule has 0 aromatic carbocycles. The Balaban J connectivity index is 2.79. The van der Waals surface area contributed by atoms with Gasteiger partial charge in [0, 0.05) is 6.42 Å². The zero-order chi connectivity index (χ0) is 9.90. The van der Waals surface area contributed by atoms with Gasteiger partial charge < -0.3 is 5.73 Å². The molecule has 3 N–H and O–H groups in total. The van der Waals surface area contributed by atoms with Crippen LogP contribution in [0.25, 0.3) is 0 Å². The maximum Gasteiger partial charge on any atom is 0.170 e. The maximum absolute atomic E-state index is 6.00. The molecule has 1 unspecified atom stereocenters. The summed E-state index contributed by atoms with van der Waals surface area (Å²) in [6.07, 6.45) is 2.85. The molecule has 74 valence electrons. The molecule has 0 saturated carbocycles. The largest absolute Gasteiger partial charge is 0.319 e. The van der Waals surface area contributed by atoms with Crippen molar-refractivity contribution < 1.29 is 0 Å². The van der Waals surface area contributed by atoms with Gasteiger partial charge in [0.25, 0.3) is 0 Å². The molecule has 0 aliphatic rings. The first kappa shape index (κ1) is 10.2. The van der Waals surface area contributed by atoms with Crippen LogP contribution < -0.4 is 5.73 Å². The Bertz CT molecular complexity index is 264. The summed E-state index contributed by atoms with van der Waals surface area (Å²) in [5.41, 5.74) is 5.60. The third-order valence-electron chi connectivity index (χ3n) is 2.26. The normalized spacial score (nSPS) is 15.7. The first-order chi connectivity index (χ1) is 6.10. The van der Waals surface area contributed by atoms with E-state index in [2.05, 4.69) is 22.1 Å². The minimum absolute atomic E-state index is 0.400. The van der Waals surface area contributed by atoms with Crippen molar-refractivity contribution in [1.29, 1.82) is 0 Å². The number of aryl methyl sites for hydroxylation is 1. The van der Waals surface area contributed by atoms with Gasteiger partial charge in [0.05, 0.1) is 5.54 Å². The van der Waals surface area contributed by atoms with Gasteiger partial charge in [0.15, 0.2) is 5.82 Å². The smallest absolute Gasteiger partial charge is 0.170 e. The van der Waals surface area contributed by atoms with Gasteiger partial charge in [-0.3, -0.25) is 5.10 Å². The van der Waals surface area contributed by atoms with Gasteiger partial charge in [0.1, 0.15) is 5.82 Å². The summed E-state index contributed by atoms with van der Waals surface area (Å²) in [5.74, 6) is 1.65. The fraction of sp³-hybridized carbons (Fsp3) is 0.778.